The molecular weight excluding hydrogens is 568 g/mol. The molecule has 0 spiro atoms. The maximum Gasteiger partial charge on any atom is 0.243 e. The Morgan fingerprint density at radius 1 is 1.17 bits per heavy atom. The van der Waals surface area contributed by atoms with Crippen LogP contribution in [0.4, 0.5) is 8.78 Å². The number of likely N-dealkylation sites (tertiary alicyclic amines) is 2. The monoisotopic (exact) mass is 601 g/mol. The molecule has 2 aliphatic heterocycles. The van der Waals surface area contributed by atoms with E-state index in [1.165, 1.54) is 11.0 Å². The molecule has 42 heavy (non-hydrogen) atoms. The van der Waals surface area contributed by atoms with Crippen LogP contribution in [0.15, 0.2) is 30.3 Å². The van der Waals surface area contributed by atoms with Gasteiger partial charge in [0.1, 0.15) is 28.2 Å². The van der Waals surface area contributed by atoms with Crippen molar-refractivity contribution in [2.24, 2.45) is 18.7 Å². The molecule has 2 aliphatic rings. The maximum absolute atomic E-state index is 14.7. The Bertz CT molecular complexity index is 1490. The summed E-state index contributed by atoms with van der Waals surface area (Å²) in [5.41, 5.74) is 8.82. The summed E-state index contributed by atoms with van der Waals surface area (Å²) < 4.78 is 30.0. The number of hydrogen-bond donors (Lipinski definition) is 2. The Hall–Kier alpha value is -3.64. The van der Waals surface area contributed by atoms with E-state index in [2.05, 4.69) is 15.6 Å². The molecule has 2 fully saturated rings. The molecule has 1 aromatic heterocycles. The molecule has 3 aromatic rings. The van der Waals surface area contributed by atoms with Crippen LogP contribution in [0.1, 0.15) is 43.2 Å². The lowest BCUT2D eigenvalue weighted by Crippen LogP contribution is -2.51. The molecule has 1 unspecified atom stereocenters. The summed E-state index contributed by atoms with van der Waals surface area (Å²) in [5.74, 6) is -2.84. The molecule has 0 bridgehead atoms. The van der Waals surface area contributed by atoms with E-state index in [1.807, 2.05) is 18.2 Å². The van der Waals surface area contributed by atoms with Gasteiger partial charge in [-0.2, -0.15) is 0 Å². The fraction of sp³-hybridized carbons (Fsp3) is 0.483. The lowest BCUT2D eigenvalue weighted by Gasteiger charge is -2.27. The number of carbonyl (C=O) groups excluding carboxylic acids is 3. The van der Waals surface area contributed by atoms with Gasteiger partial charge in [-0.3, -0.25) is 14.4 Å². The Kier molecular flexibility index (Phi) is 9.02. The van der Waals surface area contributed by atoms with Gasteiger partial charge in [-0.1, -0.05) is 28.9 Å². The highest BCUT2D eigenvalue weighted by Crippen LogP contribution is 2.31. The van der Waals surface area contributed by atoms with E-state index < -0.39 is 34.6 Å². The Balaban J connectivity index is 1.28. The van der Waals surface area contributed by atoms with Gasteiger partial charge >= 0.3 is 0 Å². The Labute approximate surface area is 247 Å². The SMILES string of the molecule is Cn1nnc2cc(CNC(=O)[C@@H]3CC(Cc4ccc(F)c(Cl)c4F)CN3C(=O)[C@H](N)CCC(=O)N3CCCC3)ccc21. The predicted octanol–water partition coefficient (Wildman–Crippen LogP) is 2.71. The minimum absolute atomic E-state index is 0.0342. The standard InChI is InChI=1S/C29H34ClF2N7O3/c1-37-23-8-4-17(13-22(23)35-36-37)15-34-28(41)24-14-18(12-19-5-6-20(31)26(30)27(19)32)16-39(24)29(42)21(33)7-9-25(40)38-10-2-3-11-38/h4-6,8,13,18,21,24H,2-3,7,9-12,14-16,33H2,1H3,(H,34,41)/t18?,21-,24+/m1/s1. The lowest BCUT2D eigenvalue weighted by molar-refractivity contribution is -0.140. The summed E-state index contributed by atoms with van der Waals surface area (Å²) in [6, 6.07) is 6.17. The topological polar surface area (TPSA) is 126 Å². The zero-order valence-corrected chi connectivity index (χ0v) is 24.1. The minimum atomic E-state index is -0.971. The maximum atomic E-state index is 14.7. The van der Waals surface area contributed by atoms with Crippen molar-refractivity contribution in [1.29, 1.82) is 0 Å². The highest BCUT2D eigenvalue weighted by Gasteiger charge is 2.41. The Morgan fingerprint density at radius 3 is 2.69 bits per heavy atom. The predicted molar refractivity (Wildman–Crippen MR) is 152 cm³/mol. The zero-order chi connectivity index (χ0) is 30.0. The normalized spacial score (nSPS) is 19.5. The number of nitrogens with zero attached hydrogens (tertiary/aromatic N) is 5. The third kappa shape index (κ3) is 6.39. The average Bonchev–Trinajstić information content (AvgIpc) is 3.75. The van der Waals surface area contributed by atoms with E-state index >= 15 is 0 Å². The van der Waals surface area contributed by atoms with Crippen LogP contribution in [0.25, 0.3) is 11.0 Å². The van der Waals surface area contributed by atoms with Gasteiger partial charge in [0, 0.05) is 39.6 Å². The van der Waals surface area contributed by atoms with Crippen LogP contribution in [0.2, 0.25) is 5.02 Å². The number of nitrogens with two attached hydrogens (primary N) is 1. The van der Waals surface area contributed by atoms with Crippen molar-refractivity contribution in [2.75, 3.05) is 19.6 Å². The van der Waals surface area contributed by atoms with E-state index in [1.54, 1.807) is 16.6 Å². The van der Waals surface area contributed by atoms with Crippen LogP contribution in [-0.2, 0) is 34.4 Å². The number of aromatic nitrogens is 3. The van der Waals surface area contributed by atoms with Gasteiger partial charge in [-0.05, 0) is 67.3 Å². The molecule has 0 aliphatic carbocycles. The number of hydrogen-bond acceptors (Lipinski definition) is 6. The summed E-state index contributed by atoms with van der Waals surface area (Å²) in [6.07, 6.45) is 2.65. The molecule has 224 valence electrons. The van der Waals surface area contributed by atoms with E-state index in [-0.39, 0.29) is 62.1 Å². The molecule has 13 heteroatoms. The van der Waals surface area contributed by atoms with Crippen LogP contribution < -0.4 is 11.1 Å². The van der Waals surface area contributed by atoms with Crippen molar-refractivity contribution >= 4 is 40.4 Å². The number of amides is 3. The second-order valence-corrected chi connectivity index (χ2v) is 11.5. The fourth-order valence-corrected chi connectivity index (χ4v) is 6.03. The molecule has 2 aromatic carbocycles. The highest BCUT2D eigenvalue weighted by atomic mass is 35.5. The molecule has 10 nitrogen and oxygen atoms in total. The molecule has 3 amide bonds. The van der Waals surface area contributed by atoms with E-state index in [4.69, 9.17) is 17.3 Å². The quantitative estimate of drug-likeness (QED) is 0.363. The average molecular weight is 602 g/mol. The summed E-state index contributed by atoms with van der Waals surface area (Å²) in [6.45, 7) is 1.79. The van der Waals surface area contributed by atoms with Crippen LogP contribution in [-0.4, -0.2) is 74.2 Å². The highest BCUT2D eigenvalue weighted by molar-refractivity contribution is 6.30. The van der Waals surface area contributed by atoms with Gasteiger partial charge in [-0.15, -0.1) is 5.10 Å². The third-order valence-corrected chi connectivity index (χ3v) is 8.53. The number of carbonyl (C=O) groups is 3. The van der Waals surface area contributed by atoms with Gasteiger partial charge in [0.15, 0.2) is 0 Å². The molecule has 0 saturated carbocycles. The molecule has 0 radical (unpaired) electrons. The summed E-state index contributed by atoms with van der Waals surface area (Å²) in [4.78, 5) is 42.7. The number of aryl methyl sites for hydroxylation is 1. The second kappa shape index (κ2) is 12.7. The van der Waals surface area contributed by atoms with Crippen molar-refractivity contribution in [3.05, 3.63) is 58.1 Å². The van der Waals surface area contributed by atoms with Crippen LogP contribution >= 0.6 is 11.6 Å². The first kappa shape index (κ1) is 29.8. The van der Waals surface area contributed by atoms with Gasteiger partial charge < -0.3 is 20.9 Å². The largest absolute Gasteiger partial charge is 0.350 e. The van der Waals surface area contributed by atoms with Gasteiger partial charge in [0.2, 0.25) is 17.7 Å². The summed E-state index contributed by atoms with van der Waals surface area (Å²) in [5, 5.41) is 10.4. The van der Waals surface area contributed by atoms with E-state index in [9.17, 15) is 23.2 Å². The molecule has 2 saturated heterocycles. The minimum Gasteiger partial charge on any atom is -0.350 e. The van der Waals surface area contributed by atoms with Crippen molar-refractivity contribution in [3.63, 3.8) is 0 Å². The van der Waals surface area contributed by atoms with Crippen LogP contribution in [0.3, 0.4) is 0 Å². The summed E-state index contributed by atoms with van der Waals surface area (Å²) >= 11 is 5.78. The Morgan fingerprint density at radius 2 is 1.93 bits per heavy atom. The van der Waals surface area contributed by atoms with Crippen molar-refractivity contribution in [1.82, 2.24) is 30.1 Å². The number of nitrogens with one attached hydrogen (secondary N) is 1. The molecule has 3 N–H and O–H groups in total. The number of fused-ring (bicyclic) bond motifs is 1. The van der Waals surface area contributed by atoms with Crippen molar-refractivity contribution in [2.45, 2.75) is 57.2 Å². The van der Waals surface area contributed by atoms with Crippen molar-refractivity contribution in [3.8, 4) is 0 Å². The van der Waals surface area contributed by atoms with Gasteiger partial charge in [0.25, 0.3) is 0 Å². The van der Waals surface area contributed by atoms with Crippen LogP contribution in [0, 0.1) is 17.6 Å². The lowest BCUT2D eigenvalue weighted by atomic mass is 9.96. The van der Waals surface area contributed by atoms with Crippen molar-refractivity contribution < 1.29 is 23.2 Å². The number of halogens is 3. The number of rotatable bonds is 9. The van der Waals surface area contributed by atoms with Crippen LogP contribution in [0.5, 0.6) is 0 Å². The van der Waals surface area contributed by atoms with Gasteiger partial charge in [-0.25, -0.2) is 13.5 Å². The summed E-state index contributed by atoms with van der Waals surface area (Å²) in [7, 11) is 1.79. The first-order valence-electron chi connectivity index (χ1n) is 14.1. The van der Waals surface area contributed by atoms with Gasteiger partial charge in [0.05, 0.1) is 11.6 Å². The molecule has 3 heterocycles. The second-order valence-electron chi connectivity index (χ2n) is 11.1. The first-order valence-corrected chi connectivity index (χ1v) is 14.5. The first-order chi connectivity index (χ1) is 20.1. The van der Waals surface area contributed by atoms with E-state index in [0.717, 1.165) is 30.0 Å². The molecule has 5 rings (SSSR count). The molecule has 3 atom stereocenters. The third-order valence-electron chi connectivity index (χ3n) is 8.18. The fourth-order valence-electron chi connectivity index (χ4n) is 5.84. The smallest absolute Gasteiger partial charge is 0.243 e. The molecular formula is C29H34ClF2N7O3. The van der Waals surface area contributed by atoms with E-state index in [0.29, 0.717) is 18.6 Å². The number of benzene rings is 2. The zero-order valence-electron chi connectivity index (χ0n) is 23.4.